The molecule has 12 nitrogen and oxygen atoms in total. The number of thiazole rings is 1. The smallest absolute Gasteiger partial charge is 0.334 e. The number of anilines is 1. The first kappa shape index (κ1) is 22.3. The summed E-state index contributed by atoms with van der Waals surface area (Å²) < 4.78 is 6.82. The predicted octanol–water partition coefficient (Wildman–Crippen LogP) is 2.51. The summed E-state index contributed by atoms with van der Waals surface area (Å²) in [5.74, 6) is 0.0357. The van der Waals surface area contributed by atoms with Crippen LogP contribution in [0, 0.1) is 0 Å². The number of cyclic esters (lactones) is 1. The van der Waals surface area contributed by atoms with Gasteiger partial charge in [0.05, 0.1) is 30.0 Å². The van der Waals surface area contributed by atoms with Crippen LogP contribution in [0.4, 0.5) is 10.6 Å². The molecule has 0 bridgehead atoms. The molecule has 0 saturated heterocycles. The van der Waals surface area contributed by atoms with Gasteiger partial charge in [0.2, 0.25) is 5.90 Å². The third kappa shape index (κ3) is 4.75. The molecule has 0 saturated carbocycles. The molecular formula is C22H19N9O3S. The van der Waals surface area contributed by atoms with Crippen molar-refractivity contribution in [2.75, 3.05) is 18.4 Å². The largest absolute Gasteiger partial charge is 0.404 e. The number of ether oxygens (including phenoxy) is 1. The topological polar surface area (TPSA) is 149 Å². The molecule has 5 rings (SSSR count). The maximum Gasteiger partial charge on any atom is 0.334 e. The molecule has 5 heterocycles. The summed E-state index contributed by atoms with van der Waals surface area (Å²) in [4.78, 5) is 45.6. The van der Waals surface area contributed by atoms with E-state index in [1.165, 1.54) is 17.5 Å². The van der Waals surface area contributed by atoms with E-state index in [-0.39, 0.29) is 18.5 Å². The van der Waals surface area contributed by atoms with Gasteiger partial charge in [-0.1, -0.05) is 0 Å². The lowest BCUT2D eigenvalue weighted by molar-refractivity contribution is -0.132. The SMILES string of the molecule is CCNC(=O)Nc1cc(-c2nc(-c3cnn(C)c3)cs2)c(-c2cncc(C3=NCC(=O)O3)n2)cn1. The number of pyridine rings is 1. The number of carbonyl (C=O) groups excluding carboxylic acids is 2. The number of aromatic nitrogens is 6. The van der Waals surface area contributed by atoms with E-state index in [4.69, 9.17) is 9.72 Å². The van der Waals surface area contributed by atoms with Gasteiger partial charge in [-0.25, -0.2) is 29.5 Å². The molecule has 2 N–H and O–H groups in total. The predicted molar refractivity (Wildman–Crippen MR) is 129 cm³/mol. The van der Waals surface area contributed by atoms with Gasteiger partial charge in [-0.2, -0.15) is 5.10 Å². The van der Waals surface area contributed by atoms with Crippen LogP contribution in [-0.4, -0.2) is 60.7 Å². The van der Waals surface area contributed by atoms with Crippen LogP contribution in [0.2, 0.25) is 0 Å². The summed E-state index contributed by atoms with van der Waals surface area (Å²) >= 11 is 1.44. The Kier molecular flexibility index (Phi) is 5.97. The zero-order valence-electron chi connectivity index (χ0n) is 18.7. The number of aryl methyl sites for hydroxylation is 1. The molecule has 35 heavy (non-hydrogen) atoms. The fraction of sp³-hybridized carbons (Fsp3) is 0.182. The molecule has 0 fully saturated rings. The summed E-state index contributed by atoms with van der Waals surface area (Å²) in [6.07, 6.45) is 8.27. The van der Waals surface area contributed by atoms with Gasteiger partial charge in [-0.15, -0.1) is 11.3 Å². The average molecular weight is 490 g/mol. The number of amides is 2. The minimum Gasteiger partial charge on any atom is -0.404 e. The second kappa shape index (κ2) is 9.38. The van der Waals surface area contributed by atoms with Crippen LogP contribution >= 0.6 is 11.3 Å². The number of esters is 1. The van der Waals surface area contributed by atoms with E-state index in [0.717, 1.165) is 11.3 Å². The van der Waals surface area contributed by atoms with Crippen molar-refractivity contribution in [3.8, 4) is 33.1 Å². The zero-order chi connectivity index (χ0) is 24.4. The van der Waals surface area contributed by atoms with Crippen molar-refractivity contribution in [1.82, 2.24) is 35.0 Å². The van der Waals surface area contributed by atoms with E-state index in [1.807, 2.05) is 25.5 Å². The van der Waals surface area contributed by atoms with Gasteiger partial charge in [0, 0.05) is 48.1 Å². The number of aliphatic imine (C=N–C) groups is 1. The van der Waals surface area contributed by atoms with Crippen molar-refractivity contribution in [1.29, 1.82) is 0 Å². The number of nitrogens with zero attached hydrogens (tertiary/aromatic N) is 7. The molecule has 0 aromatic carbocycles. The average Bonchev–Trinajstić information content (AvgIpc) is 3.60. The van der Waals surface area contributed by atoms with Crippen LogP contribution in [-0.2, 0) is 16.6 Å². The molecular weight excluding hydrogens is 470 g/mol. The Morgan fingerprint density at radius 2 is 2.00 bits per heavy atom. The summed E-state index contributed by atoms with van der Waals surface area (Å²) in [5, 5.41) is 12.2. The van der Waals surface area contributed by atoms with Gasteiger partial charge in [0.25, 0.3) is 0 Å². The van der Waals surface area contributed by atoms with E-state index in [0.29, 0.717) is 39.9 Å². The normalized spacial score (nSPS) is 12.9. The quantitative estimate of drug-likeness (QED) is 0.392. The van der Waals surface area contributed by atoms with Gasteiger partial charge in [0.1, 0.15) is 23.1 Å². The molecule has 13 heteroatoms. The maximum absolute atomic E-state index is 12.1. The number of urea groups is 1. The van der Waals surface area contributed by atoms with Crippen LogP contribution in [0.25, 0.3) is 33.1 Å². The summed E-state index contributed by atoms with van der Waals surface area (Å²) in [5.41, 5.74) is 3.80. The Hall–Kier alpha value is -4.52. The van der Waals surface area contributed by atoms with E-state index >= 15 is 0 Å². The molecule has 4 aromatic rings. The minimum absolute atomic E-state index is 0.0511. The van der Waals surface area contributed by atoms with Gasteiger partial charge >= 0.3 is 12.0 Å². The highest BCUT2D eigenvalue weighted by atomic mass is 32.1. The van der Waals surface area contributed by atoms with Crippen LogP contribution < -0.4 is 10.6 Å². The van der Waals surface area contributed by atoms with Crippen molar-refractivity contribution >= 4 is 35.1 Å². The number of hydrogen-bond donors (Lipinski definition) is 2. The van der Waals surface area contributed by atoms with Crippen molar-refractivity contribution in [2.45, 2.75) is 6.92 Å². The molecule has 2 amide bonds. The fourth-order valence-corrected chi connectivity index (χ4v) is 4.21. The van der Waals surface area contributed by atoms with Gasteiger partial charge in [0.15, 0.2) is 0 Å². The Labute approximate surface area is 203 Å². The molecule has 0 unspecified atom stereocenters. The fourth-order valence-electron chi connectivity index (χ4n) is 3.35. The molecule has 1 aliphatic rings. The number of nitrogens with one attached hydrogen (secondary N) is 2. The van der Waals surface area contributed by atoms with E-state index in [9.17, 15) is 9.59 Å². The van der Waals surface area contributed by atoms with Crippen LogP contribution in [0.5, 0.6) is 0 Å². The first-order valence-corrected chi connectivity index (χ1v) is 11.5. The van der Waals surface area contributed by atoms with Crippen molar-refractivity contribution in [3.63, 3.8) is 0 Å². The Morgan fingerprint density at radius 1 is 1.14 bits per heavy atom. The second-order valence-corrected chi connectivity index (χ2v) is 8.28. The molecule has 0 atom stereocenters. The summed E-state index contributed by atoms with van der Waals surface area (Å²) in [6, 6.07) is 1.37. The number of hydrogen-bond acceptors (Lipinski definition) is 10. The van der Waals surface area contributed by atoms with Crippen LogP contribution in [0.3, 0.4) is 0 Å². The van der Waals surface area contributed by atoms with E-state index < -0.39 is 5.97 Å². The Balaban J connectivity index is 1.57. The highest BCUT2D eigenvalue weighted by Crippen LogP contribution is 2.36. The highest BCUT2D eigenvalue weighted by Gasteiger charge is 2.22. The van der Waals surface area contributed by atoms with Crippen LogP contribution in [0.15, 0.2) is 47.4 Å². The lowest BCUT2D eigenvalue weighted by Crippen LogP contribution is -2.28. The minimum atomic E-state index is -0.443. The summed E-state index contributed by atoms with van der Waals surface area (Å²) in [7, 11) is 1.84. The molecule has 0 spiro atoms. The highest BCUT2D eigenvalue weighted by molar-refractivity contribution is 7.13. The first-order chi connectivity index (χ1) is 17.0. The second-order valence-electron chi connectivity index (χ2n) is 7.43. The number of carbonyl (C=O) groups is 2. The van der Waals surface area contributed by atoms with Gasteiger partial charge in [-0.3, -0.25) is 15.0 Å². The first-order valence-electron chi connectivity index (χ1n) is 10.6. The third-order valence-corrected chi connectivity index (χ3v) is 5.79. The number of rotatable bonds is 6. The van der Waals surface area contributed by atoms with Crippen molar-refractivity contribution in [3.05, 3.63) is 48.1 Å². The monoisotopic (exact) mass is 489 g/mol. The molecule has 176 valence electrons. The maximum atomic E-state index is 12.1. The zero-order valence-corrected chi connectivity index (χ0v) is 19.5. The standard InChI is InChI=1S/C22H19N9O3S/c1-3-24-22(33)30-18-4-13(21-29-17(11-35-21)12-5-27-31(2)10-12)14(6-25-18)15-7-23-8-16(28-15)20-26-9-19(32)34-20/h4-8,10-11H,3,9H2,1-2H3,(H2,24,25,30,33). The lowest BCUT2D eigenvalue weighted by Gasteiger charge is -2.11. The molecule has 4 aromatic heterocycles. The molecule has 0 aliphatic carbocycles. The molecule has 1 aliphatic heterocycles. The van der Waals surface area contributed by atoms with Gasteiger partial charge < -0.3 is 10.1 Å². The van der Waals surface area contributed by atoms with E-state index in [1.54, 1.807) is 29.3 Å². The van der Waals surface area contributed by atoms with Crippen molar-refractivity contribution < 1.29 is 14.3 Å². The van der Waals surface area contributed by atoms with Crippen molar-refractivity contribution in [2.24, 2.45) is 12.0 Å². The summed E-state index contributed by atoms with van der Waals surface area (Å²) in [6.45, 7) is 2.26. The van der Waals surface area contributed by atoms with Gasteiger partial charge in [-0.05, 0) is 13.0 Å². The Morgan fingerprint density at radius 3 is 2.74 bits per heavy atom. The third-order valence-electron chi connectivity index (χ3n) is 4.91. The Bertz CT molecular complexity index is 1460. The molecule has 0 radical (unpaired) electrons. The van der Waals surface area contributed by atoms with Crippen LogP contribution in [0.1, 0.15) is 12.6 Å². The van der Waals surface area contributed by atoms with E-state index in [2.05, 4.69) is 35.7 Å². The lowest BCUT2D eigenvalue weighted by atomic mass is 10.1.